The number of carbonyl (C=O) groups excluding carboxylic acids is 2. The van der Waals surface area contributed by atoms with E-state index in [4.69, 9.17) is 9.94 Å². The van der Waals surface area contributed by atoms with Gasteiger partial charge in [0.15, 0.2) is 0 Å². The van der Waals surface area contributed by atoms with Crippen LogP contribution in [0.4, 0.5) is 0 Å². The van der Waals surface area contributed by atoms with Crippen LogP contribution in [-0.4, -0.2) is 35.6 Å². The molecule has 1 spiro atoms. The van der Waals surface area contributed by atoms with Gasteiger partial charge < -0.3 is 9.64 Å². The molecule has 0 saturated carbocycles. The number of amides is 2. The summed E-state index contributed by atoms with van der Waals surface area (Å²) in [6.45, 7) is 1.27. The summed E-state index contributed by atoms with van der Waals surface area (Å²) in [6.07, 6.45) is 3.10. The third-order valence-corrected chi connectivity index (χ3v) is 6.13. The number of rotatable bonds is 4. The SMILES string of the molecule is COc1ccccc1CN1CC[C@@]2(CCc3ccc(C(=O)NO)cc3C2)C1=O. The lowest BCUT2D eigenvalue weighted by Crippen LogP contribution is -2.38. The monoisotopic (exact) mass is 380 g/mol. The summed E-state index contributed by atoms with van der Waals surface area (Å²) in [5.74, 6) is 0.448. The second-order valence-electron chi connectivity index (χ2n) is 7.67. The zero-order valence-electron chi connectivity index (χ0n) is 15.9. The maximum Gasteiger partial charge on any atom is 0.274 e. The number of para-hydroxylation sites is 1. The van der Waals surface area contributed by atoms with Gasteiger partial charge in [-0.1, -0.05) is 24.3 Å². The fourth-order valence-corrected chi connectivity index (χ4v) is 4.55. The molecule has 1 heterocycles. The molecule has 0 radical (unpaired) electrons. The number of nitrogens with zero attached hydrogens (tertiary/aromatic N) is 1. The molecular formula is C22H24N2O4. The van der Waals surface area contributed by atoms with Crippen LogP contribution in [0.3, 0.4) is 0 Å². The normalized spacial score (nSPS) is 20.9. The van der Waals surface area contributed by atoms with Crippen LogP contribution < -0.4 is 10.2 Å². The Kier molecular flexibility index (Phi) is 4.81. The number of aryl methyl sites for hydroxylation is 1. The van der Waals surface area contributed by atoms with E-state index in [-0.39, 0.29) is 5.91 Å². The van der Waals surface area contributed by atoms with Crippen molar-refractivity contribution in [2.75, 3.05) is 13.7 Å². The number of hydrogen-bond acceptors (Lipinski definition) is 4. The Morgan fingerprint density at radius 2 is 2.04 bits per heavy atom. The zero-order valence-corrected chi connectivity index (χ0v) is 15.9. The van der Waals surface area contributed by atoms with Gasteiger partial charge in [0.1, 0.15) is 5.75 Å². The highest BCUT2D eigenvalue weighted by Gasteiger charge is 2.48. The average molecular weight is 380 g/mol. The highest BCUT2D eigenvalue weighted by molar-refractivity contribution is 5.93. The molecule has 6 heteroatoms. The predicted octanol–water partition coefficient (Wildman–Crippen LogP) is 2.72. The lowest BCUT2D eigenvalue weighted by atomic mass is 9.70. The van der Waals surface area contributed by atoms with Crippen molar-refractivity contribution < 1.29 is 19.5 Å². The number of carbonyl (C=O) groups is 2. The molecule has 1 fully saturated rings. The molecule has 1 aliphatic heterocycles. The maximum atomic E-state index is 13.3. The Morgan fingerprint density at radius 1 is 1.21 bits per heavy atom. The van der Waals surface area contributed by atoms with E-state index in [1.807, 2.05) is 35.2 Å². The molecule has 2 aliphatic rings. The van der Waals surface area contributed by atoms with Crippen LogP contribution in [0.15, 0.2) is 42.5 Å². The van der Waals surface area contributed by atoms with E-state index < -0.39 is 11.3 Å². The predicted molar refractivity (Wildman–Crippen MR) is 103 cm³/mol. The highest BCUT2D eigenvalue weighted by Crippen LogP contribution is 2.44. The van der Waals surface area contributed by atoms with E-state index >= 15 is 0 Å². The van der Waals surface area contributed by atoms with Crippen molar-refractivity contribution in [2.45, 2.75) is 32.2 Å². The molecule has 2 amide bonds. The Labute approximate surface area is 164 Å². The first kappa shape index (κ1) is 18.5. The molecule has 1 atom stereocenters. The topological polar surface area (TPSA) is 78.9 Å². The molecule has 1 saturated heterocycles. The quantitative estimate of drug-likeness (QED) is 0.631. The Hall–Kier alpha value is -2.86. The number of fused-ring (bicyclic) bond motifs is 1. The van der Waals surface area contributed by atoms with Crippen molar-refractivity contribution in [1.29, 1.82) is 0 Å². The first-order valence-corrected chi connectivity index (χ1v) is 9.54. The van der Waals surface area contributed by atoms with Crippen LogP contribution in [0.1, 0.15) is 39.9 Å². The van der Waals surface area contributed by atoms with E-state index in [0.717, 1.165) is 42.7 Å². The second-order valence-corrected chi connectivity index (χ2v) is 7.67. The summed E-state index contributed by atoms with van der Waals surface area (Å²) in [5.41, 5.74) is 4.90. The van der Waals surface area contributed by atoms with E-state index in [2.05, 4.69) is 0 Å². The molecule has 0 bridgehead atoms. The van der Waals surface area contributed by atoms with Gasteiger partial charge >= 0.3 is 0 Å². The van der Waals surface area contributed by atoms with Gasteiger partial charge in [-0.25, -0.2) is 5.48 Å². The van der Waals surface area contributed by atoms with Gasteiger partial charge in [0.05, 0.1) is 12.5 Å². The number of likely N-dealkylation sites (tertiary alicyclic amines) is 1. The minimum atomic E-state index is -0.530. The van der Waals surface area contributed by atoms with E-state index in [1.165, 1.54) is 5.56 Å². The lowest BCUT2D eigenvalue weighted by molar-refractivity contribution is -0.137. The molecule has 6 nitrogen and oxygen atoms in total. The molecule has 2 N–H and O–H groups in total. The minimum absolute atomic E-state index is 0.182. The Morgan fingerprint density at radius 3 is 2.82 bits per heavy atom. The third kappa shape index (κ3) is 3.14. The van der Waals surface area contributed by atoms with Crippen molar-refractivity contribution in [3.05, 3.63) is 64.7 Å². The van der Waals surface area contributed by atoms with E-state index in [1.54, 1.807) is 24.7 Å². The van der Waals surface area contributed by atoms with Gasteiger partial charge in [0.25, 0.3) is 5.91 Å². The first-order valence-electron chi connectivity index (χ1n) is 9.54. The summed E-state index contributed by atoms with van der Waals surface area (Å²) in [6, 6.07) is 13.2. The van der Waals surface area contributed by atoms with Crippen LogP contribution in [0.2, 0.25) is 0 Å². The zero-order chi connectivity index (χ0) is 19.7. The summed E-state index contributed by atoms with van der Waals surface area (Å²) in [4.78, 5) is 27.0. The van der Waals surface area contributed by atoms with Crippen LogP contribution in [0, 0.1) is 5.41 Å². The standard InChI is InChI=1S/C22H24N2O4/c1-28-19-5-3-2-4-17(19)14-24-11-10-22(21(24)26)9-8-15-6-7-16(20(25)23-27)12-18(15)13-22/h2-7,12,27H,8-11,13-14H2,1H3,(H,23,25)/t22-/m1/s1. The van der Waals surface area contributed by atoms with Crippen LogP contribution in [0.25, 0.3) is 0 Å². The van der Waals surface area contributed by atoms with Crippen molar-refractivity contribution in [3.8, 4) is 5.75 Å². The van der Waals surface area contributed by atoms with Gasteiger partial charge in [0.2, 0.25) is 5.91 Å². The molecule has 0 unspecified atom stereocenters. The maximum absolute atomic E-state index is 13.3. The summed E-state index contributed by atoms with van der Waals surface area (Å²) in [7, 11) is 1.64. The van der Waals surface area contributed by atoms with Crippen molar-refractivity contribution >= 4 is 11.8 Å². The molecule has 2 aromatic carbocycles. The molecule has 4 rings (SSSR count). The molecule has 146 valence electrons. The molecule has 28 heavy (non-hydrogen) atoms. The van der Waals surface area contributed by atoms with Crippen molar-refractivity contribution in [3.63, 3.8) is 0 Å². The van der Waals surface area contributed by atoms with Crippen LogP contribution in [-0.2, 0) is 24.2 Å². The molecule has 0 aromatic heterocycles. The Balaban J connectivity index is 1.55. The number of ether oxygens (including phenoxy) is 1. The Bertz CT molecular complexity index is 927. The van der Waals surface area contributed by atoms with Crippen LogP contribution >= 0.6 is 0 Å². The highest BCUT2D eigenvalue weighted by atomic mass is 16.5. The third-order valence-electron chi connectivity index (χ3n) is 6.13. The first-order chi connectivity index (χ1) is 13.6. The number of benzene rings is 2. The van der Waals surface area contributed by atoms with E-state index in [0.29, 0.717) is 18.5 Å². The van der Waals surface area contributed by atoms with Crippen LogP contribution in [0.5, 0.6) is 5.75 Å². The van der Waals surface area contributed by atoms with Gasteiger partial charge in [-0.3, -0.25) is 14.8 Å². The minimum Gasteiger partial charge on any atom is -0.496 e. The van der Waals surface area contributed by atoms with E-state index in [9.17, 15) is 9.59 Å². The molecular weight excluding hydrogens is 356 g/mol. The molecule has 1 aliphatic carbocycles. The largest absolute Gasteiger partial charge is 0.496 e. The van der Waals surface area contributed by atoms with Gasteiger partial charge in [-0.05, 0) is 55.0 Å². The fraction of sp³-hybridized carbons (Fsp3) is 0.364. The summed E-state index contributed by atoms with van der Waals surface area (Å²) < 4.78 is 5.42. The number of nitrogens with one attached hydrogen (secondary N) is 1. The van der Waals surface area contributed by atoms with Gasteiger partial charge in [-0.2, -0.15) is 0 Å². The fourth-order valence-electron chi connectivity index (χ4n) is 4.55. The second kappa shape index (κ2) is 7.28. The van der Waals surface area contributed by atoms with Gasteiger partial charge in [-0.15, -0.1) is 0 Å². The average Bonchev–Trinajstić information content (AvgIpc) is 3.02. The van der Waals surface area contributed by atoms with Gasteiger partial charge in [0, 0.05) is 24.2 Å². The lowest BCUT2D eigenvalue weighted by Gasteiger charge is -2.33. The summed E-state index contributed by atoms with van der Waals surface area (Å²) >= 11 is 0. The number of hydrogen-bond donors (Lipinski definition) is 2. The number of hydroxylamine groups is 1. The molecule has 2 aromatic rings. The summed E-state index contributed by atoms with van der Waals surface area (Å²) in [5, 5.41) is 8.89. The van der Waals surface area contributed by atoms with Crippen molar-refractivity contribution in [1.82, 2.24) is 10.4 Å². The smallest absolute Gasteiger partial charge is 0.274 e. The van der Waals surface area contributed by atoms with Crippen molar-refractivity contribution in [2.24, 2.45) is 5.41 Å². The number of methoxy groups -OCH3 is 1.